The van der Waals surface area contributed by atoms with Crippen LogP contribution in [0.5, 0.6) is 0 Å². The summed E-state index contributed by atoms with van der Waals surface area (Å²) in [7, 11) is 1.74. The van der Waals surface area contributed by atoms with Crippen molar-refractivity contribution in [1.82, 2.24) is 4.90 Å². The molecule has 1 heterocycles. The number of halogens is 1. The first kappa shape index (κ1) is 22.0. The van der Waals surface area contributed by atoms with Crippen molar-refractivity contribution in [2.75, 3.05) is 26.7 Å². The average molecular weight is 432 g/mol. The van der Waals surface area contributed by atoms with Gasteiger partial charge in [-0.1, -0.05) is 65.7 Å². The van der Waals surface area contributed by atoms with Gasteiger partial charge in [0.05, 0.1) is 7.11 Å². The fraction of sp³-hybridized carbons (Fsp3) is 0.500. The lowest BCUT2D eigenvalue weighted by Gasteiger charge is -2.32. The van der Waals surface area contributed by atoms with Crippen molar-refractivity contribution < 1.29 is 4.74 Å². The lowest BCUT2D eigenvalue weighted by atomic mass is 9.88. The first-order valence-electron chi connectivity index (χ1n) is 10.3. The molecule has 1 saturated heterocycles. The maximum Gasteiger partial charge on any atom is 0.115 e. The highest BCUT2D eigenvalue weighted by atomic mass is 79.9. The third-order valence-corrected chi connectivity index (χ3v) is 6.14. The average Bonchev–Trinajstić information content (AvgIpc) is 2.91. The number of hydrogen-bond donors (Lipinski definition) is 0. The van der Waals surface area contributed by atoms with Crippen LogP contribution in [-0.4, -0.2) is 31.6 Å². The molecule has 0 saturated carbocycles. The predicted octanol–water partition coefficient (Wildman–Crippen LogP) is 6.50. The molecule has 3 rings (SSSR count). The minimum Gasteiger partial charge on any atom is -0.497 e. The van der Waals surface area contributed by atoms with E-state index in [4.69, 9.17) is 4.74 Å². The fourth-order valence-corrected chi connectivity index (χ4v) is 4.15. The van der Waals surface area contributed by atoms with E-state index in [0.29, 0.717) is 0 Å². The van der Waals surface area contributed by atoms with Gasteiger partial charge in [-0.25, -0.2) is 0 Å². The van der Waals surface area contributed by atoms with Gasteiger partial charge in [-0.15, -0.1) is 0 Å². The van der Waals surface area contributed by atoms with E-state index >= 15 is 0 Å². The zero-order valence-electron chi connectivity index (χ0n) is 17.1. The first-order valence-corrected chi connectivity index (χ1v) is 11.1. The Morgan fingerprint density at radius 3 is 2.44 bits per heavy atom. The number of rotatable bonds is 6. The molecule has 0 unspecified atom stereocenters. The molecule has 27 heavy (non-hydrogen) atoms. The Bertz CT molecular complexity index is 640. The van der Waals surface area contributed by atoms with E-state index in [0.717, 1.165) is 24.5 Å². The maximum atomic E-state index is 5.36. The molecule has 3 heteroatoms. The molecule has 2 nitrogen and oxygen atoms in total. The summed E-state index contributed by atoms with van der Waals surface area (Å²) in [5, 5.41) is 0. The molecule has 2 aliphatic rings. The summed E-state index contributed by atoms with van der Waals surface area (Å²) in [4.78, 5) is 2.63. The summed E-state index contributed by atoms with van der Waals surface area (Å²) in [6.07, 6.45) is 12.3. The van der Waals surface area contributed by atoms with E-state index in [-0.39, 0.29) is 0 Å². The van der Waals surface area contributed by atoms with Crippen LogP contribution < -0.4 is 0 Å². The van der Waals surface area contributed by atoms with Gasteiger partial charge in [-0.2, -0.15) is 0 Å². The summed E-state index contributed by atoms with van der Waals surface area (Å²) in [6.45, 7) is 7.65. The van der Waals surface area contributed by atoms with Crippen LogP contribution in [-0.2, 0) is 11.2 Å². The van der Waals surface area contributed by atoms with Gasteiger partial charge >= 0.3 is 0 Å². The molecule has 0 atom stereocenters. The number of piperidine rings is 1. The smallest absolute Gasteiger partial charge is 0.115 e. The number of likely N-dealkylation sites (tertiary alicyclic amines) is 1. The number of allylic oxidation sites excluding steroid dienone is 5. The summed E-state index contributed by atoms with van der Waals surface area (Å²) in [5.74, 6) is 1.77. The Kier molecular flexibility index (Phi) is 9.93. The molecule has 0 N–H and O–H groups in total. The molecular weight excluding hydrogens is 398 g/mol. The van der Waals surface area contributed by atoms with Crippen molar-refractivity contribution in [3.05, 3.63) is 69.9 Å². The zero-order chi connectivity index (χ0) is 19.5. The van der Waals surface area contributed by atoms with Crippen molar-refractivity contribution in [3.8, 4) is 0 Å². The monoisotopic (exact) mass is 431 g/mol. The SMILES string of the molecule is CC.COC1=CCC(CC2CCN(CCc3ccccc3)CC2)=C(Br)C=C1. The molecule has 1 aliphatic carbocycles. The van der Waals surface area contributed by atoms with Gasteiger partial charge in [0.15, 0.2) is 0 Å². The van der Waals surface area contributed by atoms with E-state index in [2.05, 4.69) is 63.3 Å². The fourth-order valence-electron chi connectivity index (χ4n) is 3.69. The van der Waals surface area contributed by atoms with Gasteiger partial charge in [-0.3, -0.25) is 0 Å². The highest BCUT2D eigenvalue weighted by Gasteiger charge is 2.21. The minimum absolute atomic E-state index is 0.807. The molecule has 1 fully saturated rings. The van der Waals surface area contributed by atoms with Crippen LogP contribution in [0.15, 0.2) is 64.4 Å². The van der Waals surface area contributed by atoms with Crippen LogP contribution in [0.3, 0.4) is 0 Å². The number of hydrogen-bond acceptors (Lipinski definition) is 2. The molecule has 0 spiro atoms. The molecule has 1 aromatic carbocycles. The number of ether oxygens (including phenoxy) is 1. The number of methoxy groups -OCH3 is 1. The second kappa shape index (κ2) is 12.2. The van der Waals surface area contributed by atoms with E-state index in [1.807, 2.05) is 19.9 Å². The molecule has 0 aromatic heterocycles. The Morgan fingerprint density at radius 2 is 1.78 bits per heavy atom. The van der Waals surface area contributed by atoms with Crippen LogP contribution in [0.1, 0.15) is 45.1 Å². The Balaban J connectivity index is 0.00000126. The number of benzene rings is 1. The van der Waals surface area contributed by atoms with Crippen molar-refractivity contribution in [2.45, 2.75) is 46.0 Å². The number of nitrogens with zero attached hydrogens (tertiary/aromatic N) is 1. The maximum absolute atomic E-state index is 5.36. The minimum atomic E-state index is 0.807. The Hall–Kier alpha value is -1.32. The van der Waals surface area contributed by atoms with Gasteiger partial charge in [0, 0.05) is 11.0 Å². The van der Waals surface area contributed by atoms with Gasteiger partial charge in [0.25, 0.3) is 0 Å². The summed E-state index contributed by atoms with van der Waals surface area (Å²) in [6, 6.07) is 10.8. The molecule has 148 valence electrons. The third-order valence-electron chi connectivity index (χ3n) is 5.32. The summed E-state index contributed by atoms with van der Waals surface area (Å²) >= 11 is 3.74. The second-order valence-corrected chi connectivity index (χ2v) is 7.88. The molecule has 1 aromatic rings. The Morgan fingerprint density at radius 1 is 1.07 bits per heavy atom. The standard InChI is InChI=1S/C22H28BrNO.C2H6/c1-25-21-8-7-20(22(23)10-9-21)17-19-12-15-24(16-13-19)14-11-18-5-3-2-4-6-18;1-2/h2-6,8-10,19H,7,11-17H2,1H3;1-2H3. The molecule has 1 aliphatic heterocycles. The van der Waals surface area contributed by atoms with Crippen molar-refractivity contribution in [1.29, 1.82) is 0 Å². The quantitative estimate of drug-likeness (QED) is 0.509. The lowest BCUT2D eigenvalue weighted by molar-refractivity contribution is 0.185. The van der Waals surface area contributed by atoms with Crippen LogP contribution in [0.2, 0.25) is 0 Å². The first-order chi connectivity index (χ1) is 13.2. The predicted molar refractivity (Wildman–Crippen MR) is 120 cm³/mol. The Labute approximate surface area is 174 Å². The molecule has 0 amide bonds. The molecular formula is C24H34BrNO. The normalized spacial score (nSPS) is 18.4. The summed E-state index contributed by atoms with van der Waals surface area (Å²) < 4.78 is 6.59. The van der Waals surface area contributed by atoms with Crippen molar-refractivity contribution >= 4 is 15.9 Å². The molecule has 0 radical (unpaired) electrons. The van der Waals surface area contributed by atoms with Crippen molar-refractivity contribution in [2.24, 2.45) is 5.92 Å². The van der Waals surface area contributed by atoms with Crippen LogP contribution in [0.4, 0.5) is 0 Å². The third kappa shape index (κ3) is 7.31. The van der Waals surface area contributed by atoms with E-state index < -0.39 is 0 Å². The zero-order valence-corrected chi connectivity index (χ0v) is 18.7. The lowest BCUT2D eigenvalue weighted by Crippen LogP contribution is -2.35. The van der Waals surface area contributed by atoms with Crippen LogP contribution in [0.25, 0.3) is 0 Å². The molecule has 0 bridgehead atoms. The van der Waals surface area contributed by atoms with Gasteiger partial charge in [0.1, 0.15) is 5.76 Å². The van der Waals surface area contributed by atoms with Gasteiger partial charge in [0.2, 0.25) is 0 Å². The van der Waals surface area contributed by atoms with E-state index in [9.17, 15) is 0 Å². The van der Waals surface area contributed by atoms with Gasteiger partial charge in [-0.05, 0) is 74.9 Å². The van der Waals surface area contributed by atoms with Crippen molar-refractivity contribution in [3.63, 3.8) is 0 Å². The highest BCUT2D eigenvalue weighted by molar-refractivity contribution is 9.11. The van der Waals surface area contributed by atoms with E-state index in [1.165, 1.54) is 54.5 Å². The van der Waals surface area contributed by atoms with E-state index in [1.54, 1.807) is 7.11 Å². The second-order valence-electron chi connectivity index (χ2n) is 7.02. The van der Waals surface area contributed by atoms with Crippen LogP contribution >= 0.6 is 15.9 Å². The highest BCUT2D eigenvalue weighted by Crippen LogP contribution is 2.31. The topological polar surface area (TPSA) is 12.5 Å². The van der Waals surface area contributed by atoms with Gasteiger partial charge < -0.3 is 9.64 Å². The van der Waals surface area contributed by atoms with Crippen LogP contribution in [0, 0.1) is 5.92 Å². The summed E-state index contributed by atoms with van der Waals surface area (Å²) in [5.41, 5.74) is 2.95. The largest absolute Gasteiger partial charge is 0.497 e.